The Balaban J connectivity index is 1.55. The summed E-state index contributed by atoms with van der Waals surface area (Å²) < 4.78 is 81.4. The van der Waals surface area contributed by atoms with Crippen LogP contribution in [0.3, 0.4) is 0 Å². The van der Waals surface area contributed by atoms with Gasteiger partial charge in [-0.1, -0.05) is 84.9 Å². The topological polar surface area (TPSA) is 40.5 Å². The van der Waals surface area contributed by atoms with E-state index in [0.717, 1.165) is 16.7 Å². The van der Waals surface area contributed by atoms with Crippen LogP contribution in [-0.4, -0.2) is 22.0 Å². The van der Waals surface area contributed by atoms with Crippen molar-refractivity contribution in [2.45, 2.75) is 31.4 Å². The Hall–Kier alpha value is -4.53. The minimum Gasteiger partial charge on any atom is -0.509 e. The van der Waals surface area contributed by atoms with Crippen LogP contribution in [0.1, 0.15) is 27.8 Å². The zero-order chi connectivity index (χ0) is 29.4. The van der Waals surface area contributed by atoms with Crippen molar-refractivity contribution in [2.24, 2.45) is 0 Å². The Bertz CT molecular complexity index is 1540. The average molecular weight is 568 g/mol. The van der Waals surface area contributed by atoms with E-state index in [1.54, 1.807) is 42.5 Å². The molecule has 3 nitrogen and oxygen atoms in total. The molecule has 1 heterocycles. The summed E-state index contributed by atoms with van der Waals surface area (Å²) in [6.07, 6.45) is -10.1. The van der Waals surface area contributed by atoms with Gasteiger partial charge in [0.2, 0.25) is 0 Å². The molecule has 1 aliphatic heterocycles. The van der Waals surface area contributed by atoms with Gasteiger partial charge in [-0.3, -0.25) is 4.79 Å². The van der Waals surface area contributed by atoms with Crippen molar-refractivity contribution >= 4 is 11.5 Å². The number of rotatable bonds is 6. The van der Waals surface area contributed by atoms with Crippen LogP contribution in [-0.2, 0) is 30.1 Å². The summed E-state index contributed by atoms with van der Waals surface area (Å²) in [5, 5.41) is 11.2. The van der Waals surface area contributed by atoms with Gasteiger partial charge in [0.25, 0.3) is 5.91 Å². The molecule has 1 amide bonds. The average Bonchev–Trinajstić information content (AvgIpc) is 3.17. The van der Waals surface area contributed by atoms with Crippen LogP contribution in [0.15, 0.2) is 109 Å². The highest BCUT2D eigenvalue weighted by Gasteiger charge is 2.43. The van der Waals surface area contributed by atoms with Crippen LogP contribution >= 0.6 is 0 Å². The van der Waals surface area contributed by atoms with Crippen LogP contribution < -0.4 is 0 Å². The number of hydrogen-bond donors (Lipinski definition) is 1. The number of aliphatic hydroxyl groups is 1. The first-order valence-corrected chi connectivity index (χ1v) is 12.6. The van der Waals surface area contributed by atoms with Gasteiger partial charge in [0.1, 0.15) is 5.76 Å². The highest BCUT2D eigenvalue weighted by Crippen LogP contribution is 2.41. The lowest BCUT2D eigenvalue weighted by Gasteiger charge is -2.26. The SMILES string of the molecule is O=C1C(c2cc(C(F)(F)F)cc(C(F)(F)F)c2)=C(O)[C@H](Cc2ccccc2)N1Cc1ccc(-c2ccccc2)cc1. The molecule has 0 unspecified atom stereocenters. The number of aliphatic hydroxyl groups excluding tert-OH is 1. The van der Waals surface area contributed by atoms with Gasteiger partial charge in [-0.2, -0.15) is 26.3 Å². The third-order valence-electron chi connectivity index (χ3n) is 6.98. The van der Waals surface area contributed by atoms with E-state index < -0.39 is 52.3 Å². The van der Waals surface area contributed by atoms with Crippen LogP contribution in [0, 0.1) is 0 Å². The van der Waals surface area contributed by atoms with Crippen molar-refractivity contribution in [2.75, 3.05) is 0 Å². The smallest absolute Gasteiger partial charge is 0.416 e. The highest BCUT2D eigenvalue weighted by molar-refractivity contribution is 6.22. The third-order valence-corrected chi connectivity index (χ3v) is 6.98. The van der Waals surface area contributed by atoms with E-state index in [9.17, 15) is 36.2 Å². The Labute approximate surface area is 232 Å². The Morgan fingerprint density at radius 2 is 1.15 bits per heavy atom. The van der Waals surface area contributed by atoms with E-state index in [2.05, 4.69) is 0 Å². The quantitative estimate of drug-likeness (QED) is 0.238. The lowest BCUT2D eigenvalue weighted by molar-refractivity contribution is -0.143. The molecule has 9 heteroatoms. The van der Waals surface area contributed by atoms with Gasteiger partial charge in [-0.05, 0) is 46.0 Å². The van der Waals surface area contributed by atoms with Crippen LogP contribution in [0.5, 0.6) is 0 Å². The van der Waals surface area contributed by atoms with E-state index >= 15 is 0 Å². The Morgan fingerprint density at radius 3 is 1.68 bits per heavy atom. The number of halogens is 6. The highest BCUT2D eigenvalue weighted by atomic mass is 19.4. The van der Waals surface area contributed by atoms with Crippen molar-refractivity contribution in [3.8, 4) is 11.1 Å². The number of nitrogens with zero attached hydrogens (tertiary/aromatic N) is 1. The van der Waals surface area contributed by atoms with E-state index in [1.165, 1.54) is 4.90 Å². The summed E-state index contributed by atoms with van der Waals surface area (Å²) in [6, 6.07) is 25.6. The molecular formula is C32H23F6NO2. The van der Waals surface area contributed by atoms with Crippen molar-refractivity contribution in [3.05, 3.63) is 137 Å². The zero-order valence-electron chi connectivity index (χ0n) is 21.4. The van der Waals surface area contributed by atoms with E-state index in [0.29, 0.717) is 17.7 Å². The van der Waals surface area contributed by atoms with E-state index in [4.69, 9.17) is 0 Å². The minimum atomic E-state index is -5.10. The molecule has 0 saturated heterocycles. The van der Waals surface area contributed by atoms with Crippen molar-refractivity contribution in [3.63, 3.8) is 0 Å². The first-order chi connectivity index (χ1) is 19.4. The van der Waals surface area contributed by atoms with Crippen molar-refractivity contribution < 1.29 is 36.2 Å². The molecule has 0 aromatic heterocycles. The molecule has 0 spiro atoms. The number of carbonyl (C=O) groups excluding carboxylic acids is 1. The van der Waals surface area contributed by atoms with Crippen molar-refractivity contribution in [1.29, 1.82) is 0 Å². The normalized spacial score (nSPS) is 16.0. The standard InChI is InChI=1S/C32H23F6NO2/c33-31(34,35)25-16-24(17-26(18-25)32(36,37)38)28-29(40)27(15-20-7-3-1-4-8-20)39(30(28)41)19-21-11-13-23(14-12-21)22-9-5-2-6-10-22/h1-14,16-18,27,40H,15,19H2/t27-/m0/s1. The summed E-state index contributed by atoms with van der Waals surface area (Å²) in [5.74, 6) is -1.43. The van der Waals surface area contributed by atoms with E-state index in [1.807, 2.05) is 42.5 Å². The molecule has 0 saturated carbocycles. The lowest BCUT2D eigenvalue weighted by atomic mass is 9.97. The third kappa shape index (κ3) is 5.99. The Morgan fingerprint density at radius 1 is 0.634 bits per heavy atom. The molecular weight excluding hydrogens is 544 g/mol. The predicted octanol–water partition coefficient (Wildman–Crippen LogP) is 8.31. The maximum atomic E-state index is 13.7. The second kappa shape index (κ2) is 10.8. The van der Waals surface area contributed by atoms with Gasteiger partial charge < -0.3 is 10.0 Å². The number of alkyl halides is 6. The first-order valence-electron chi connectivity index (χ1n) is 12.6. The fourth-order valence-corrected chi connectivity index (χ4v) is 4.94. The molecule has 5 rings (SSSR count). The van der Waals surface area contributed by atoms with Crippen LogP contribution in [0.4, 0.5) is 26.3 Å². The summed E-state index contributed by atoms with van der Waals surface area (Å²) in [5.41, 5.74) is -1.06. The van der Waals surface area contributed by atoms with Gasteiger partial charge in [0, 0.05) is 13.0 Å². The van der Waals surface area contributed by atoms with Gasteiger partial charge in [0.15, 0.2) is 0 Å². The molecule has 4 aromatic rings. The number of carbonyl (C=O) groups is 1. The fraction of sp³-hybridized carbons (Fsp3) is 0.156. The second-order valence-corrected chi connectivity index (χ2v) is 9.76. The molecule has 41 heavy (non-hydrogen) atoms. The summed E-state index contributed by atoms with van der Waals surface area (Å²) in [7, 11) is 0. The second-order valence-electron chi connectivity index (χ2n) is 9.76. The first kappa shape index (κ1) is 28.0. The molecule has 210 valence electrons. The van der Waals surface area contributed by atoms with Crippen LogP contribution in [0.2, 0.25) is 0 Å². The van der Waals surface area contributed by atoms with Crippen molar-refractivity contribution in [1.82, 2.24) is 4.90 Å². The molecule has 0 aliphatic carbocycles. The van der Waals surface area contributed by atoms with Gasteiger partial charge >= 0.3 is 12.4 Å². The molecule has 1 aliphatic rings. The molecule has 0 radical (unpaired) electrons. The molecule has 0 fully saturated rings. The summed E-state index contributed by atoms with van der Waals surface area (Å²) >= 11 is 0. The maximum absolute atomic E-state index is 13.7. The Kier molecular flexibility index (Phi) is 7.38. The molecule has 1 atom stereocenters. The summed E-state index contributed by atoms with van der Waals surface area (Å²) in [6.45, 7) is -0.0238. The lowest BCUT2D eigenvalue weighted by Crippen LogP contribution is -2.36. The molecule has 1 N–H and O–H groups in total. The molecule has 4 aromatic carbocycles. The number of hydrogen-bond acceptors (Lipinski definition) is 2. The van der Waals surface area contributed by atoms with Crippen LogP contribution in [0.25, 0.3) is 16.7 Å². The number of amides is 1. The summed E-state index contributed by atoms with van der Waals surface area (Å²) in [4.78, 5) is 15.0. The maximum Gasteiger partial charge on any atom is 0.416 e. The zero-order valence-corrected chi connectivity index (χ0v) is 21.4. The number of benzene rings is 4. The monoisotopic (exact) mass is 567 g/mol. The molecule has 0 bridgehead atoms. The van der Waals surface area contributed by atoms with Gasteiger partial charge in [-0.25, -0.2) is 0 Å². The largest absolute Gasteiger partial charge is 0.509 e. The predicted molar refractivity (Wildman–Crippen MR) is 142 cm³/mol. The fourth-order valence-electron chi connectivity index (χ4n) is 4.94. The van der Waals surface area contributed by atoms with Gasteiger partial charge in [-0.15, -0.1) is 0 Å². The van der Waals surface area contributed by atoms with E-state index in [-0.39, 0.29) is 19.0 Å². The minimum absolute atomic E-state index is 0.00591. The van der Waals surface area contributed by atoms with Gasteiger partial charge in [0.05, 0.1) is 22.7 Å².